The molecule has 0 saturated carbocycles. The Morgan fingerprint density at radius 2 is 1.63 bits per heavy atom. The third kappa shape index (κ3) is 4.97. The first-order valence-corrected chi connectivity index (χ1v) is 9.24. The molecule has 0 aliphatic carbocycles. The second-order valence-corrected chi connectivity index (χ2v) is 6.76. The first-order valence-electron chi connectivity index (χ1n) is 9.24. The minimum atomic E-state index is 0.744. The first-order chi connectivity index (χ1) is 13.0. The number of aromatic nitrogens is 2. The summed E-state index contributed by atoms with van der Waals surface area (Å²) in [6, 6.07) is 20.7. The molecule has 3 rings (SSSR count). The largest absolute Gasteiger partial charge is 0.378 e. The Hall–Kier alpha value is -3.08. The van der Waals surface area contributed by atoms with Crippen molar-refractivity contribution >= 4 is 23.1 Å². The van der Waals surface area contributed by atoms with E-state index in [1.54, 1.807) is 0 Å². The Morgan fingerprint density at radius 3 is 2.26 bits per heavy atom. The Bertz CT molecular complexity index is 860. The number of benzene rings is 2. The van der Waals surface area contributed by atoms with Gasteiger partial charge in [0.25, 0.3) is 0 Å². The van der Waals surface area contributed by atoms with Gasteiger partial charge >= 0.3 is 0 Å². The molecule has 5 heteroatoms. The predicted octanol–water partition coefficient (Wildman–Crippen LogP) is 4.62. The summed E-state index contributed by atoms with van der Waals surface area (Å²) in [7, 11) is 4.07. The quantitative estimate of drug-likeness (QED) is 0.665. The van der Waals surface area contributed by atoms with Crippen molar-refractivity contribution in [2.75, 3.05) is 35.8 Å². The highest BCUT2D eigenvalue weighted by Crippen LogP contribution is 2.22. The summed E-state index contributed by atoms with van der Waals surface area (Å²) < 4.78 is 0. The standard InChI is InChI=1S/C22H27N5/c1-5-27(16-18-9-7-6-8-10-18)22-23-17(2)15-21(25-22)24-19-11-13-20(14-12-19)26(3)4/h6-15H,5,16H2,1-4H3,(H,23,24,25). The third-order valence-corrected chi connectivity index (χ3v) is 4.38. The van der Waals surface area contributed by atoms with Crippen molar-refractivity contribution in [3.8, 4) is 0 Å². The van der Waals surface area contributed by atoms with E-state index in [1.807, 2.05) is 33.2 Å². The number of rotatable bonds is 7. The highest BCUT2D eigenvalue weighted by molar-refractivity contribution is 5.61. The summed E-state index contributed by atoms with van der Waals surface area (Å²) in [5.41, 5.74) is 4.37. The van der Waals surface area contributed by atoms with Gasteiger partial charge in [0.2, 0.25) is 5.95 Å². The number of anilines is 4. The fraction of sp³-hybridized carbons (Fsp3) is 0.273. The molecular weight excluding hydrogens is 334 g/mol. The molecule has 0 bridgehead atoms. The van der Waals surface area contributed by atoms with Gasteiger partial charge in [-0.05, 0) is 43.7 Å². The van der Waals surface area contributed by atoms with E-state index in [-0.39, 0.29) is 0 Å². The van der Waals surface area contributed by atoms with Crippen LogP contribution in [0.25, 0.3) is 0 Å². The molecule has 5 nitrogen and oxygen atoms in total. The van der Waals surface area contributed by atoms with Gasteiger partial charge in [-0.2, -0.15) is 4.98 Å². The minimum Gasteiger partial charge on any atom is -0.378 e. The number of hydrogen-bond donors (Lipinski definition) is 1. The van der Waals surface area contributed by atoms with E-state index in [9.17, 15) is 0 Å². The molecule has 1 aromatic heterocycles. The average molecular weight is 361 g/mol. The molecule has 0 spiro atoms. The summed E-state index contributed by atoms with van der Waals surface area (Å²) in [5, 5.41) is 3.40. The molecule has 0 atom stereocenters. The zero-order chi connectivity index (χ0) is 19.2. The molecule has 3 aromatic rings. The Kier molecular flexibility index (Phi) is 5.91. The molecule has 0 aliphatic rings. The van der Waals surface area contributed by atoms with Crippen molar-refractivity contribution in [2.45, 2.75) is 20.4 Å². The minimum absolute atomic E-state index is 0.744. The maximum Gasteiger partial charge on any atom is 0.227 e. The van der Waals surface area contributed by atoms with Crippen LogP contribution in [0.4, 0.5) is 23.1 Å². The first kappa shape index (κ1) is 18.7. The molecule has 140 valence electrons. The number of hydrogen-bond acceptors (Lipinski definition) is 5. The summed E-state index contributed by atoms with van der Waals surface area (Å²) in [4.78, 5) is 13.7. The Balaban J connectivity index is 1.80. The average Bonchev–Trinajstić information content (AvgIpc) is 2.67. The van der Waals surface area contributed by atoms with Crippen LogP contribution in [0.15, 0.2) is 60.7 Å². The number of nitrogens with one attached hydrogen (secondary N) is 1. The van der Waals surface area contributed by atoms with E-state index < -0.39 is 0 Å². The van der Waals surface area contributed by atoms with Gasteiger partial charge < -0.3 is 15.1 Å². The van der Waals surface area contributed by atoms with Crippen LogP contribution in [0.1, 0.15) is 18.2 Å². The smallest absolute Gasteiger partial charge is 0.227 e. The molecule has 0 fully saturated rings. The zero-order valence-electron chi connectivity index (χ0n) is 16.5. The van der Waals surface area contributed by atoms with Gasteiger partial charge in [0, 0.05) is 50.3 Å². The molecule has 1 heterocycles. The molecule has 0 unspecified atom stereocenters. The van der Waals surface area contributed by atoms with Crippen LogP contribution in [-0.2, 0) is 6.54 Å². The normalized spacial score (nSPS) is 10.5. The van der Waals surface area contributed by atoms with Gasteiger partial charge in [0.15, 0.2) is 0 Å². The van der Waals surface area contributed by atoms with E-state index in [0.29, 0.717) is 0 Å². The van der Waals surface area contributed by atoms with Crippen LogP contribution < -0.4 is 15.1 Å². The van der Waals surface area contributed by atoms with Gasteiger partial charge in [0.05, 0.1) is 0 Å². The maximum atomic E-state index is 4.75. The zero-order valence-corrected chi connectivity index (χ0v) is 16.5. The van der Waals surface area contributed by atoms with Gasteiger partial charge in [0.1, 0.15) is 5.82 Å². The Labute approximate surface area is 161 Å². The molecule has 0 amide bonds. The van der Waals surface area contributed by atoms with Gasteiger partial charge in [-0.1, -0.05) is 30.3 Å². The second kappa shape index (κ2) is 8.54. The fourth-order valence-electron chi connectivity index (χ4n) is 2.88. The highest BCUT2D eigenvalue weighted by atomic mass is 15.3. The van der Waals surface area contributed by atoms with Crippen LogP contribution in [0.5, 0.6) is 0 Å². The van der Waals surface area contributed by atoms with Crippen LogP contribution in [0.2, 0.25) is 0 Å². The van der Waals surface area contributed by atoms with Crippen LogP contribution in [-0.4, -0.2) is 30.6 Å². The van der Waals surface area contributed by atoms with Gasteiger partial charge in [-0.15, -0.1) is 0 Å². The summed E-state index contributed by atoms with van der Waals surface area (Å²) in [6.07, 6.45) is 0. The van der Waals surface area contributed by atoms with E-state index >= 15 is 0 Å². The molecule has 0 saturated heterocycles. The van der Waals surface area contributed by atoms with Crippen molar-refractivity contribution in [2.24, 2.45) is 0 Å². The molecule has 0 aliphatic heterocycles. The van der Waals surface area contributed by atoms with Crippen molar-refractivity contribution < 1.29 is 0 Å². The van der Waals surface area contributed by atoms with E-state index in [1.165, 1.54) is 11.3 Å². The van der Waals surface area contributed by atoms with Gasteiger partial charge in [-0.3, -0.25) is 0 Å². The van der Waals surface area contributed by atoms with E-state index in [2.05, 4.69) is 75.6 Å². The molecule has 0 radical (unpaired) electrons. The summed E-state index contributed by atoms with van der Waals surface area (Å²) >= 11 is 0. The highest BCUT2D eigenvalue weighted by Gasteiger charge is 2.11. The maximum absolute atomic E-state index is 4.75. The summed E-state index contributed by atoms with van der Waals surface area (Å²) in [6.45, 7) is 5.76. The van der Waals surface area contributed by atoms with Crippen molar-refractivity contribution in [3.63, 3.8) is 0 Å². The lowest BCUT2D eigenvalue weighted by atomic mass is 10.2. The molecule has 27 heavy (non-hydrogen) atoms. The van der Waals surface area contributed by atoms with E-state index in [0.717, 1.165) is 36.2 Å². The SMILES string of the molecule is CCN(Cc1ccccc1)c1nc(C)cc(Nc2ccc(N(C)C)cc2)n1. The summed E-state index contributed by atoms with van der Waals surface area (Å²) in [5.74, 6) is 1.55. The Morgan fingerprint density at radius 1 is 0.926 bits per heavy atom. The molecule has 1 N–H and O–H groups in total. The molecule has 2 aromatic carbocycles. The van der Waals surface area contributed by atoms with Crippen molar-refractivity contribution in [3.05, 3.63) is 71.9 Å². The van der Waals surface area contributed by atoms with Crippen molar-refractivity contribution in [1.29, 1.82) is 0 Å². The van der Waals surface area contributed by atoms with Crippen LogP contribution >= 0.6 is 0 Å². The number of nitrogens with zero attached hydrogens (tertiary/aromatic N) is 4. The van der Waals surface area contributed by atoms with Crippen LogP contribution in [0.3, 0.4) is 0 Å². The van der Waals surface area contributed by atoms with Crippen molar-refractivity contribution in [1.82, 2.24) is 9.97 Å². The third-order valence-electron chi connectivity index (χ3n) is 4.38. The molecular formula is C22H27N5. The monoisotopic (exact) mass is 361 g/mol. The van der Waals surface area contributed by atoms with Gasteiger partial charge in [-0.25, -0.2) is 4.98 Å². The topological polar surface area (TPSA) is 44.3 Å². The lowest BCUT2D eigenvalue weighted by Crippen LogP contribution is -2.24. The lowest BCUT2D eigenvalue weighted by Gasteiger charge is -2.22. The predicted molar refractivity (Wildman–Crippen MR) is 114 cm³/mol. The lowest BCUT2D eigenvalue weighted by molar-refractivity contribution is 0.788. The fourth-order valence-corrected chi connectivity index (χ4v) is 2.88. The number of aryl methyl sites for hydroxylation is 1. The van der Waals surface area contributed by atoms with Crippen LogP contribution in [0, 0.1) is 6.92 Å². The second-order valence-electron chi connectivity index (χ2n) is 6.76. The van der Waals surface area contributed by atoms with E-state index in [4.69, 9.17) is 4.98 Å².